The Bertz CT molecular complexity index is 1670. The topological polar surface area (TPSA) is 51.2 Å². The van der Waals surface area contributed by atoms with E-state index < -0.39 is 0 Å². The van der Waals surface area contributed by atoms with Crippen LogP contribution >= 0.6 is 0 Å². The van der Waals surface area contributed by atoms with Crippen LogP contribution in [0, 0.1) is 23.7 Å². The van der Waals surface area contributed by atoms with Crippen molar-refractivity contribution in [3.63, 3.8) is 0 Å². The second-order valence-electron chi connectivity index (χ2n) is 9.21. The van der Waals surface area contributed by atoms with Crippen molar-refractivity contribution in [1.82, 2.24) is 0 Å². The van der Waals surface area contributed by atoms with E-state index in [0.717, 1.165) is 35.1 Å². The van der Waals surface area contributed by atoms with Crippen LogP contribution in [0.3, 0.4) is 0 Å². The molecule has 0 aliphatic rings. The van der Waals surface area contributed by atoms with Gasteiger partial charge in [0.1, 0.15) is 5.78 Å². The number of benzene rings is 3. The SMILES string of the molecule is O=C(C#Cc1ccccc1)[c-]1[cH-][cH-][cH-][cH-]1.O=C(C#Cc1ccccc1)c1ccc(CCCC(=O)[c-]2cccc2)cc1.[Fe]. The van der Waals surface area contributed by atoms with Gasteiger partial charge in [-0.3, -0.25) is 10.7 Å². The molecule has 0 saturated heterocycles. The standard InChI is InChI=1S/C24H19O2.C14H9O.Fe/c25-23(21-10-4-5-11-21)12-6-9-20-13-16-22(17-14-20)24(26)18-15-19-7-2-1-3-8-19;15-14(13-8-4-5-9-13)11-10-12-6-2-1-3-7-12;/h1-5,7-8,10-11,13-14,16-17H,6,9,12H2;1-9H;/q-1;-5;. The summed E-state index contributed by atoms with van der Waals surface area (Å²) in [5.41, 5.74) is 4.82. The summed E-state index contributed by atoms with van der Waals surface area (Å²) in [4.78, 5) is 35.6. The molecule has 0 saturated carbocycles. The van der Waals surface area contributed by atoms with E-state index in [1.807, 2.05) is 109 Å². The van der Waals surface area contributed by atoms with Crippen molar-refractivity contribution in [2.24, 2.45) is 0 Å². The molecule has 0 fully saturated rings. The molecule has 0 heterocycles. The van der Waals surface area contributed by atoms with Crippen LogP contribution < -0.4 is 0 Å². The molecule has 0 unspecified atom stereocenters. The quantitative estimate of drug-likeness (QED) is 0.0858. The molecule has 42 heavy (non-hydrogen) atoms. The fourth-order valence-corrected chi connectivity index (χ4v) is 3.95. The smallest absolute Gasteiger partial charge is 0.236 e. The summed E-state index contributed by atoms with van der Waals surface area (Å²) >= 11 is 0. The Morgan fingerprint density at radius 2 is 1.21 bits per heavy atom. The van der Waals surface area contributed by atoms with Crippen LogP contribution in [0.1, 0.15) is 60.6 Å². The molecule has 4 heteroatoms. The second-order valence-corrected chi connectivity index (χ2v) is 9.21. The van der Waals surface area contributed by atoms with Crippen molar-refractivity contribution in [2.45, 2.75) is 19.3 Å². The molecule has 0 bridgehead atoms. The third-order valence-electron chi connectivity index (χ3n) is 6.18. The summed E-state index contributed by atoms with van der Waals surface area (Å²) in [7, 11) is 0. The Morgan fingerprint density at radius 3 is 1.79 bits per heavy atom. The molecule has 5 rings (SSSR count). The zero-order chi connectivity index (χ0) is 28.7. The van der Waals surface area contributed by atoms with Crippen molar-refractivity contribution in [3.8, 4) is 23.7 Å². The number of hydrogen-bond donors (Lipinski definition) is 0. The van der Waals surface area contributed by atoms with Gasteiger partial charge in [0.05, 0.1) is 0 Å². The van der Waals surface area contributed by atoms with Crippen LogP contribution in [0.2, 0.25) is 0 Å². The van der Waals surface area contributed by atoms with Gasteiger partial charge in [-0.1, -0.05) is 72.1 Å². The summed E-state index contributed by atoms with van der Waals surface area (Å²) in [5, 5.41) is 0. The molecule has 3 nitrogen and oxygen atoms in total. The predicted molar refractivity (Wildman–Crippen MR) is 163 cm³/mol. The van der Waals surface area contributed by atoms with Gasteiger partial charge in [0.25, 0.3) is 0 Å². The summed E-state index contributed by atoms with van der Waals surface area (Å²) in [5.74, 6) is 10.9. The number of carbonyl (C=O) groups excluding carboxylic acids is 3. The molecule has 212 valence electrons. The number of rotatable bonds is 7. The molecule has 0 spiro atoms. The van der Waals surface area contributed by atoms with Crippen molar-refractivity contribution >= 4 is 17.3 Å². The number of aryl methyl sites for hydroxylation is 1. The predicted octanol–water partition coefficient (Wildman–Crippen LogP) is 7.48. The molecule has 0 amide bonds. The minimum absolute atomic E-state index is 0. The Balaban J connectivity index is 0.000000258. The monoisotopic (exact) mass is 588 g/mol. The fraction of sp³-hybridized carbons (Fsp3) is 0.0789. The zero-order valence-electron chi connectivity index (χ0n) is 22.9. The normalized spacial score (nSPS) is 9.43. The number of carbonyl (C=O) groups is 3. The first-order valence-corrected chi connectivity index (χ1v) is 13.4. The van der Waals surface area contributed by atoms with Crippen LogP contribution in [0.25, 0.3) is 0 Å². The summed E-state index contributed by atoms with van der Waals surface area (Å²) in [6.45, 7) is 0. The van der Waals surface area contributed by atoms with E-state index >= 15 is 0 Å². The molecular formula is C38H28FeO3-6. The van der Waals surface area contributed by atoms with Gasteiger partial charge in [-0.05, 0) is 60.6 Å². The van der Waals surface area contributed by atoms with Gasteiger partial charge in [-0.2, -0.15) is 12.1 Å². The molecule has 5 aromatic carbocycles. The van der Waals surface area contributed by atoms with Crippen molar-refractivity contribution in [1.29, 1.82) is 0 Å². The van der Waals surface area contributed by atoms with Crippen molar-refractivity contribution in [3.05, 3.63) is 167 Å². The summed E-state index contributed by atoms with van der Waals surface area (Å²) in [6.07, 6.45) is 2.15. The van der Waals surface area contributed by atoms with Crippen LogP contribution in [-0.4, -0.2) is 17.3 Å². The van der Waals surface area contributed by atoms with Crippen LogP contribution in [-0.2, 0) is 23.5 Å². The molecule has 0 N–H and O–H groups in total. The van der Waals surface area contributed by atoms with Gasteiger partial charge in [-0.25, -0.2) is 12.1 Å². The summed E-state index contributed by atoms with van der Waals surface area (Å²) < 4.78 is 0. The average molecular weight is 588 g/mol. The Morgan fingerprint density at radius 1 is 0.667 bits per heavy atom. The largest absolute Gasteiger partial charge is 0.641 e. The van der Waals surface area contributed by atoms with Gasteiger partial charge < -0.3 is 51.1 Å². The fourth-order valence-electron chi connectivity index (χ4n) is 3.95. The average Bonchev–Trinajstić information content (AvgIpc) is 3.76. The second kappa shape index (κ2) is 17.0. The van der Waals surface area contributed by atoms with E-state index in [4.69, 9.17) is 0 Å². The van der Waals surface area contributed by atoms with Gasteiger partial charge in [0.2, 0.25) is 5.78 Å². The summed E-state index contributed by atoms with van der Waals surface area (Å²) in [6, 6.07) is 41.1. The number of hydrogen-bond acceptors (Lipinski definition) is 3. The third kappa shape index (κ3) is 10.2. The Labute approximate surface area is 257 Å². The molecule has 0 aliphatic heterocycles. The van der Waals surface area contributed by atoms with Crippen molar-refractivity contribution < 1.29 is 31.5 Å². The van der Waals surface area contributed by atoms with E-state index in [1.54, 1.807) is 24.3 Å². The number of ketones is 3. The first kappa shape index (κ1) is 31.5. The maximum absolute atomic E-state index is 12.1. The first-order valence-electron chi connectivity index (χ1n) is 13.4. The van der Waals surface area contributed by atoms with E-state index in [1.165, 1.54) is 0 Å². The van der Waals surface area contributed by atoms with Gasteiger partial charge in [0, 0.05) is 28.2 Å². The molecule has 0 radical (unpaired) electrons. The molecule has 0 atom stereocenters. The number of Topliss-reactive ketones (excluding diaryl/α,β-unsaturated/α-hetero) is 3. The molecule has 0 aliphatic carbocycles. The van der Waals surface area contributed by atoms with Crippen molar-refractivity contribution in [2.75, 3.05) is 0 Å². The maximum Gasteiger partial charge on any atom is 0.236 e. The zero-order valence-corrected chi connectivity index (χ0v) is 24.0. The minimum atomic E-state index is -0.188. The van der Waals surface area contributed by atoms with E-state index in [0.29, 0.717) is 17.5 Å². The van der Waals surface area contributed by atoms with Crippen LogP contribution in [0.4, 0.5) is 0 Å². The van der Waals surface area contributed by atoms with Gasteiger partial charge in [0.15, 0.2) is 0 Å². The maximum atomic E-state index is 12.1. The van der Waals surface area contributed by atoms with E-state index in [-0.39, 0.29) is 34.4 Å². The van der Waals surface area contributed by atoms with Gasteiger partial charge in [-0.15, -0.1) is 0 Å². The van der Waals surface area contributed by atoms with E-state index in [2.05, 4.69) is 23.7 Å². The van der Waals surface area contributed by atoms with Crippen LogP contribution in [0.15, 0.2) is 133 Å². The molecular weight excluding hydrogens is 560 g/mol. The van der Waals surface area contributed by atoms with Crippen LogP contribution in [0.5, 0.6) is 0 Å². The molecule has 0 aromatic heterocycles. The van der Waals surface area contributed by atoms with Gasteiger partial charge >= 0.3 is 0 Å². The molecule has 5 aromatic rings. The first-order chi connectivity index (χ1) is 20.1. The minimum Gasteiger partial charge on any atom is -0.641 e. The third-order valence-corrected chi connectivity index (χ3v) is 6.18. The Kier molecular flexibility index (Phi) is 12.7. The Hall–Kier alpha value is -4.99. The van der Waals surface area contributed by atoms with E-state index in [9.17, 15) is 14.4 Å².